The van der Waals surface area contributed by atoms with E-state index in [1.54, 1.807) is 24.3 Å². The fraction of sp³-hybridized carbons (Fsp3) is 0.136. The van der Waals surface area contributed by atoms with Gasteiger partial charge in [-0.25, -0.2) is 0 Å². The van der Waals surface area contributed by atoms with Crippen molar-refractivity contribution in [3.8, 4) is 22.6 Å². The average Bonchev–Trinajstić information content (AvgIpc) is 2.71. The summed E-state index contributed by atoms with van der Waals surface area (Å²) in [6, 6.07) is 16.3. The number of benzene rings is 3. The highest BCUT2D eigenvalue weighted by Gasteiger charge is 2.32. The van der Waals surface area contributed by atoms with Crippen LogP contribution < -0.4 is 5.32 Å². The molecule has 3 N–H and O–H groups in total. The Kier molecular flexibility index (Phi) is 6.72. The molecule has 1 atom stereocenters. The minimum atomic E-state index is -4.62. The number of phenols is 2. The second kappa shape index (κ2) is 9.28. The van der Waals surface area contributed by atoms with Crippen molar-refractivity contribution in [3.63, 3.8) is 0 Å². The first-order chi connectivity index (χ1) is 14.6. The van der Waals surface area contributed by atoms with E-state index in [-0.39, 0.29) is 22.7 Å². The van der Waals surface area contributed by atoms with Gasteiger partial charge in [-0.05, 0) is 41.5 Å². The Labute approximate surface area is 180 Å². The number of anilines is 1. The topological polar surface area (TPSA) is 78.8 Å². The maximum absolute atomic E-state index is 12.9. The zero-order valence-corrected chi connectivity index (χ0v) is 16.6. The van der Waals surface area contributed by atoms with Crippen LogP contribution in [0.15, 0.2) is 66.7 Å². The molecule has 0 aliphatic carbocycles. The van der Waals surface area contributed by atoms with E-state index in [2.05, 4.69) is 5.32 Å². The van der Waals surface area contributed by atoms with Gasteiger partial charge in [-0.2, -0.15) is 13.2 Å². The third kappa shape index (κ3) is 5.90. The summed E-state index contributed by atoms with van der Waals surface area (Å²) in [5.41, 5.74) is 1.44. The summed E-state index contributed by atoms with van der Waals surface area (Å²) in [4.78, 5) is 12.9. The van der Waals surface area contributed by atoms with E-state index in [4.69, 9.17) is 16.3 Å². The lowest BCUT2D eigenvalue weighted by Crippen LogP contribution is -2.28. The molecular formula is C22H17ClF3NO4. The standard InChI is InChI=1S/C22H17ClF3NO4/c23-15-8-5-13(6-9-15)20(31-12-22(24,25)26)21(30)27-17-4-2-1-3-16(17)14-7-10-18(28)19(29)11-14/h1-11,20,28-29H,12H2,(H,27,30). The first kappa shape index (κ1) is 22.5. The van der Waals surface area contributed by atoms with Crippen LogP contribution in [0.25, 0.3) is 11.1 Å². The van der Waals surface area contributed by atoms with Gasteiger partial charge in [-0.15, -0.1) is 0 Å². The molecule has 3 aromatic rings. The number of carbonyl (C=O) groups excluding carboxylic acids is 1. The van der Waals surface area contributed by atoms with Crippen LogP contribution in [-0.2, 0) is 9.53 Å². The number of carbonyl (C=O) groups is 1. The molecule has 3 rings (SSSR count). The number of para-hydroxylation sites is 1. The molecular weight excluding hydrogens is 435 g/mol. The van der Waals surface area contributed by atoms with Crippen LogP contribution >= 0.6 is 11.6 Å². The second-order valence-corrected chi connectivity index (χ2v) is 7.03. The number of ether oxygens (including phenoxy) is 1. The number of aromatic hydroxyl groups is 2. The Morgan fingerprint density at radius 1 is 1.00 bits per heavy atom. The van der Waals surface area contributed by atoms with E-state index in [0.29, 0.717) is 16.1 Å². The van der Waals surface area contributed by atoms with Crippen LogP contribution in [0.2, 0.25) is 5.02 Å². The fourth-order valence-electron chi connectivity index (χ4n) is 2.87. The molecule has 0 heterocycles. The summed E-state index contributed by atoms with van der Waals surface area (Å²) >= 11 is 5.83. The van der Waals surface area contributed by atoms with Crippen LogP contribution in [0.5, 0.6) is 11.5 Å². The Bertz CT molecular complexity index is 1070. The molecule has 0 aromatic heterocycles. The number of nitrogens with one attached hydrogen (secondary N) is 1. The van der Waals surface area contributed by atoms with E-state index >= 15 is 0 Å². The van der Waals surface area contributed by atoms with E-state index in [9.17, 15) is 28.2 Å². The molecule has 0 saturated carbocycles. The molecule has 0 saturated heterocycles. The Balaban J connectivity index is 1.91. The van der Waals surface area contributed by atoms with E-state index < -0.39 is 24.8 Å². The monoisotopic (exact) mass is 451 g/mol. The largest absolute Gasteiger partial charge is 0.504 e. The van der Waals surface area contributed by atoms with E-state index in [0.717, 1.165) is 0 Å². The van der Waals surface area contributed by atoms with Crippen LogP contribution in [0, 0.1) is 0 Å². The molecule has 162 valence electrons. The highest BCUT2D eigenvalue weighted by molar-refractivity contribution is 6.30. The maximum Gasteiger partial charge on any atom is 0.411 e. The van der Waals surface area contributed by atoms with Crippen LogP contribution in [0.3, 0.4) is 0 Å². The van der Waals surface area contributed by atoms with Crippen molar-refractivity contribution in [1.29, 1.82) is 0 Å². The number of alkyl halides is 3. The predicted molar refractivity (Wildman–Crippen MR) is 110 cm³/mol. The quantitative estimate of drug-likeness (QED) is 0.421. The van der Waals surface area contributed by atoms with Crippen molar-refractivity contribution in [2.45, 2.75) is 12.3 Å². The summed E-state index contributed by atoms with van der Waals surface area (Å²) in [7, 11) is 0. The first-order valence-electron chi connectivity index (χ1n) is 9.00. The second-order valence-electron chi connectivity index (χ2n) is 6.60. The van der Waals surface area contributed by atoms with Crippen molar-refractivity contribution >= 4 is 23.2 Å². The Morgan fingerprint density at radius 2 is 1.68 bits per heavy atom. The summed E-state index contributed by atoms with van der Waals surface area (Å²) in [5, 5.41) is 22.2. The SMILES string of the molecule is O=C(Nc1ccccc1-c1ccc(O)c(O)c1)C(OCC(F)(F)F)c1ccc(Cl)cc1. The molecule has 5 nitrogen and oxygen atoms in total. The highest BCUT2D eigenvalue weighted by atomic mass is 35.5. The minimum Gasteiger partial charge on any atom is -0.504 e. The highest BCUT2D eigenvalue weighted by Crippen LogP contribution is 2.35. The van der Waals surface area contributed by atoms with Gasteiger partial charge < -0.3 is 20.3 Å². The third-order valence-electron chi connectivity index (χ3n) is 4.30. The lowest BCUT2D eigenvalue weighted by Gasteiger charge is -2.20. The van der Waals surface area contributed by atoms with Gasteiger partial charge in [0.25, 0.3) is 5.91 Å². The number of hydrogen-bond acceptors (Lipinski definition) is 4. The lowest BCUT2D eigenvalue weighted by atomic mass is 10.0. The van der Waals surface area contributed by atoms with E-state index in [1.165, 1.54) is 42.5 Å². The van der Waals surface area contributed by atoms with E-state index in [1.807, 2.05) is 0 Å². The number of phenolic OH excluding ortho intramolecular Hbond substituents is 2. The zero-order valence-electron chi connectivity index (χ0n) is 15.9. The third-order valence-corrected chi connectivity index (χ3v) is 4.55. The molecule has 0 aliphatic heterocycles. The van der Waals surface area contributed by atoms with Crippen LogP contribution in [0.4, 0.5) is 18.9 Å². The first-order valence-corrected chi connectivity index (χ1v) is 9.38. The van der Waals surface area contributed by atoms with Crippen molar-refractivity contribution in [1.82, 2.24) is 0 Å². The molecule has 0 spiro atoms. The number of halogens is 4. The molecule has 0 aliphatic rings. The molecule has 9 heteroatoms. The zero-order chi connectivity index (χ0) is 22.6. The minimum absolute atomic E-state index is 0.200. The van der Waals surface area contributed by atoms with Gasteiger partial charge >= 0.3 is 6.18 Å². The molecule has 1 unspecified atom stereocenters. The normalized spacial score (nSPS) is 12.4. The Morgan fingerprint density at radius 3 is 2.32 bits per heavy atom. The number of amides is 1. The van der Waals surface area contributed by atoms with Gasteiger partial charge in [0.05, 0.1) is 0 Å². The van der Waals surface area contributed by atoms with Gasteiger partial charge in [0.2, 0.25) is 0 Å². The van der Waals surface area contributed by atoms with Crippen molar-refractivity contribution < 1.29 is 32.9 Å². The Hall–Kier alpha value is -3.23. The van der Waals surface area contributed by atoms with Crippen molar-refractivity contribution in [3.05, 3.63) is 77.3 Å². The van der Waals surface area contributed by atoms with Crippen LogP contribution in [-0.4, -0.2) is 28.9 Å². The molecule has 0 fully saturated rings. The van der Waals surface area contributed by atoms with Gasteiger partial charge in [0, 0.05) is 16.3 Å². The number of rotatable bonds is 6. The predicted octanol–water partition coefficient (Wildman–Crippen LogP) is 5.68. The van der Waals surface area contributed by atoms with Gasteiger partial charge in [0.1, 0.15) is 6.61 Å². The molecule has 3 aromatic carbocycles. The van der Waals surface area contributed by atoms with Crippen molar-refractivity contribution in [2.24, 2.45) is 0 Å². The summed E-state index contributed by atoms with van der Waals surface area (Å²) < 4.78 is 43.1. The fourth-order valence-corrected chi connectivity index (χ4v) is 3.00. The lowest BCUT2D eigenvalue weighted by molar-refractivity contribution is -0.187. The van der Waals surface area contributed by atoms with Gasteiger partial charge in [-0.1, -0.05) is 48.0 Å². The summed E-state index contributed by atoms with van der Waals surface area (Å²) in [5.74, 6) is -1.48. The van der Waals surface area contributed by atoms with Gasteiger partial charge in [0.15, 0.2) is 17.6 Å². The molecule has 31 heavy (non-hydrogen) atoms. The summed E-state index contributed by atoms with van der Waals surface area (Å²) in [6.45, 7) is -1.61. The molecule has 1 amide bonds. The maximum atomic E-state index is 12.9. The smallest absolute Gasteiger partial charge is 0.411 e. The summed E-state index contributed by atoms with van der Waals surface area (Å²) in [6.07, 6.45) is -6.16. The average molecular weight is 452 g/mol. The molecule has 0 radical (unpaired) electrons. The molecule has 0 bridgehead atoms. The van der Waals surface area contributed by atoms with Gasteiger partial charge in [-0.3, -0.25) is 4.79 Å². The number of hydrogen-bond donors (Lipinski definition) is 3. The van der Waals surface area contributed by atoms with Crippen LogP contribution in [0.1, 0.15) is 11.7 Å². The van der Waals surface area contributed by atoms with Crippen molar-refractivity contribution in [2.75, 3.05) is 11.9 Å².